The third-order valence-electron chi connectivity index (χ3n) is 2.70. The molecule has 0 aliphatic carbocycles. The van der Waals surface area contributed by atoms with Crippen LogP contribution in [0.3, 0.4) is 0 Å². The van der Waals surface area contributed by atoms with Crippen LogP contribution in [0.25, 0.3) is 0 Å². The maximum atomic E-state index is 8.77. The molecule has 3 N–H and O–H groups in total. The van der Waals surface area contributed by atoms with Crippen LogP contribution in [0, 0.1) is 11.3 Å². The summed E-state index contributed by atoms with van der Waals surface area (Å²) in [5.41, 5.74) is 7.96. The summed E-state index contributed by atoms with van der Waals surface area (Å²) in [4.78, 5) is 2.68. The van der Waals surface area contributed by atoms with Gasteiger partial charge in [-0.2, -0.15) is 5.26 Å². The summed E-state index contributed by atoms with van der Waals surface area (Å²) in [6.45, 7) is 2.92. The Hall–Kier alpha value is -1.99. The normalized spacial score (nSPS) is 10.0. The lowest BCUT2D eigenvalue weighted by molar-refractivity contribution is 1.19. The van der Waals surface area contributed by atoms with Gasteiger partial charge in [-0.15, -0.1) is 11.3 Å². The number of benzene rings is 1. The lowest BCUT2D eigenvalue weighted by Crippen LogP contribution is -2.01. The number of nitriles is 1. The van der Waals surface area contributed by atoms with E-state index in [1.807, 2.05) is 17.4 Å². The third-order valence-corrected chi connectivity index (χ3v) is 3.93. The van der Waals surface area contributed by atoms with Gasteiger partial charge in [-0.25, -0.2) is 0 Å². The first-order chi connectivity index (χ1) is 8.72. The largest absolute Gasteiger partial charge is 0.397 e. The number of hydrogen-bond donors (Lipinski definition) is 2. The Morgan fingerprint density at radius 2 is 2.06 bits per heavy atom. The molecule has 1 aromatic carbocycles. The van der Waals surface area contributed by atoms with E-state index in [2.05, 4.69) is 30.4 Å². The van der Waals surface area contributed by atoms with Crippen molar-refractivity contribution in [2.45, 2.75) is 19.9 Å². The molecule has 0 saturated carbocycles. The molecule has 0 aliphatic rings. The maximum Gasteiger partial charge on any atom is 0.0992 e. The minimum Gasteiger partial charge on any atom is -0.397 e. The van der Waals surface area contributed by atoms with Crippen LogP contribution in [-0.4, -0.2) is 0 Å². The van der Waals surface area contributed by atoms with E-state index >= 15 is 0 Å². The van der Waals surface area contributed by atoms with Crippen molar-refractivity contribution in [2.75, 3.05) is 11.1 Å². The van der Waals surface area contributed by atoms with Crippen LogP contribution in [0.1, 0.15) is 22.2 Å². The second-order valence-corrected chi connectivity index (χ2v) is 5.24. The average Bonchev–Trinajstić information content (AvgIpc) is 2.85. The average molecular weight is 257 g/mol. The second kappa shape index (κ2) is 5.56. The monoisotopic (exact) mass is 257 g/mol. The Kier molecular flexibility index (Phi) is 3.85. The van der Waals surface area contributed by atoms with E-state index in [1.165, 1.54) is 9.75 Å². The lowest BCUT2D eigenvalue weighted by atomic mass is 10.2. The molecule has 0 radical (unpaired) electrons. The number of thiophene rings is 1. The van der Waals surface area contributed by atoms with E-state index in [0.717, 1.165) is 18.7 Å². The van der Waals surface area contributed by atoms with Crippen LogP contribution >= 0.6 is 11.3 Å². The maximum absolute atomic E-state index is 8.77. The van der Waals surface area contributed by atoms with Crippen LogP contribution in [0.2, 0.25) is 0 Å². The second-order valence-electron chi connectivity index (χ2n) is 3.99. The Morgan fingerprint density at radius 1 is 1.28 bits per heavy atom. The minimum absolute atomic E-state index is 0.586. The Bertz CT molecular complexity index is 581. The fourth-order valence-electron chi connectivity index (χ4n) is 1.68. The summed E-state index contributed by atoms with van der Waals surface area (Å²) in [7, 11) is 0. The fourth-order valence-corrected chi connectivity index (χ4v) is 2.58. The molecule has 4 heteroatoms. The van der Waals surface area contributed by atoms with Crippen LogP contribution in [0.4, 0.5) is 11.4 Å². The number of aryl methyl sites for hydroxylation is 1. The van der Waals surface area contributed by atoms with E-state index in [-0.39, 0.29) is 0 Å². The lowest BCUT2D eigenvalue weighted by Gasteiger charge is -2.08. The number of nitrogens with two attached hydrogens (primary N) is 1. The van der Waals surface area contributed by atoms with E-state index in [1.54, 1.807) is 12.1 Å². The summed E-state index contributed by atoms with van der Waals surface area (Å²) in [6, 6.07) is 11.7. The molecular formula is C14H15N3S. The number of nitrogen functional groups attached to an aromatic ring is 1. The molecular weight excluding hydrogens is 242 g/mol. The predicted molar refractivity (Wildman–Crippen MR) is 76.6 cm³/mol. The number of rotatable bonds is 4. The van der Waals surface area contributed by atoms with E-state index in [9.17, 15) is 0 Å². The molecule has 1 aromatic heterocycles. The zero-order valence-corrected chi connectivity index (χ0v) is 11.1. The summed E-state index contributed by atoms with van der Waals surface area (Å²) < 4.78 is 0. The van der Waals surface area contributed by atoms with Gasteiger partial charge < -0.3 is 11.1 Å². The van der Waals surface area contributed by atoms with Gasteiger partial charge in [-0.1, -0.05) is 6.92 Å². The number of nitrogens with zero attached hydrogens (tertiary/aromatic N) is 1. The van der Waals surface area contributed by atoms with Crippen LogP contribution in [0.5, 0.6) is 0 Å². The summed E-state index contributed by atoms with van der Waals surface area (Å²) in [5.74, 6) is 0. The van der Waals surface area contributed by atoms with Gasteiger partial charge in [0.25, 0.3) is 0 Å². The highest BCUT2D eigenvalue weighted by atomic mass is 32.1. The molecule has 0 saturated heterocycles. The topological polar surface area (TPSA) is 61.8 Å². The molecule has 92 valence electrons. The first-order valence-corrected chi connectivity index (χ1v) is 6.65. The van der Waals surface area contributed by atoms with Crippen LogP contribution < -0.4 is 11.1 Å². The highest BCUT2D eigenvalue weighted by Gasteiger charge is 2.02. The molecule has 1 heterocycles. The van der Waals surface area contributed by atoms with Crippen molar-refractivity contribution < 1.29 is 0 Å². The van der Waals surface area contributed by atoms with Crippen molar-refractivity contribution in [3.05, 3.63) is 45.6 Å². The quantitative estimate of drug-likeness (QED) is 0.825. The Balaban J connectivity index is 2.04. The van der Waals surface area contributed by atoms with Crippen molar-refractivity contribution in [3.63, 3.8) is 0 Å². The van der Waals surface area contributed by atoms with E-state index < -0.39 is 0 Å². The van der Waals surface area contributed by atoms with Gasteiger partial charge in [0.15, 0.2) is 0 Å². The van der Waals surface area contributed by atoms with Crippen molar-refractivity contribution in [1.82, 2.24) is 0 Å². The zero-order valence-electron chi connectivity index (χ0n) is 10.2. The van der Waals surface area contributed by atoms with E-state index in [0.29, 0.717) is 11.3 Å². The number of anilines is 2. The van der Waals surface area contributed by atoms with Gasteiger partial charge in [-0.3, -0.25) is 0 Å². The van der Waals surface area contributed by atoms with Gasteiger partial charge in [0.05, 0.1) is 23.0 Å². The zero-order chi connectivity index (χ0) is 13.0. The summed E-state index contributed by atoms with van der Waals surface area (Å²) >= 11 is 1.81. The molecule has 0 atom stereocenters. The first-order valence-electron chi connectivity index (χ1n) is 5.84. The van der Waals surface area contributed by atoms with Crippen molar-refractivity contribution in [2.24, 2.45) is 0 Å². The van der Waals surface area contributed by atoms with Crippen LogP contribution in [-0.2, 0) is 13.0 Å². The summed E-state index contributed by atoms with van der Waals surface area (Å²) in [6.07, 6.45) is 1.07. The highest BCUT2D eigenvalue weighted by molar-refractivity contribution is 7.12. The van der Waals surface area contributed by atoms with Gasteiger partial charge in [0, 0.05) is 16.3 Å². The number of nitrogens with one attached hydrogen (secondary N) is 1. The van der Waals surface area contributed by atoms with Gasteiger partial charge in [0.2, 0.25) is 0 Å². The van der Waals surface area contributed by atoms with E-state index in [4.69, 9.17) is 11.0 Å². The smallest absolute Gasteiger partial charge is 0.0992 e. The van der Waals surface area contributed by atoms with Crippen LogP contribution in [0.15, 0.2) is 30.3 Å². The number of hydrogen-bond acceptors (Lipinski definition) is 4. The molecule has 2 aromatic rings. The third kappa shape index (κ3) is 2.82. The molecule has 0 aliphatic heterocycles. The van der Waals surface area contributed by atoms with Gasteiger partial charge in [0.1, 0.15) is 0 Å². The molecule has 0 bridgehead atoms. The molecule has 0 unspecified atom stereocenters. The molecule has 0 fully saturated rings. The Morgan fingerprint density at radius 3 is 2.67 bits per heavy atom. The molecule has 2 rings (SSSR count). The molecule has 0 amide bonds. The first kappa shape index (κ1) is 12.5. The standard InChI is InChI=1S/C14H15N3S/c1-2-11-4-5-12(18-11)9-17-14-6-3-10(8-15)7-13(14)16/h3-7,17H,2,9,16H2,1H3. The van der Waals surface area contributed by atoms with Crippen molar-refractivity contribution >= 4 is 22.7 Å². The van der Waals surface area contributed by atoms with Crippen molar-refractivity contribution in [1.29, 1.82) is 5.26 Å². The fraction of sp³-hybridized carbons (Fsp3) is 0.214. The SMILES string of the molecule is CCc1ccc(CNc2ccc(C#N)cc2N)s1. The highest BCUT2D eigenvalue weighted by Crippen LogP contribution is 2.22. The minimum atomic E-state index is 0.586. The molecule has 18 heavy (non-hydrogen) atoms. The molecule has 3 nitrogen and oxygen atoms in total. The predicted octanol–water partition coefficient (Wildman–Crippen LogP) is 3.38. The Labute approximate surface area is 111 Å². The van der Waals surface area contributed by atoms with Crippen molar-refractivity contribution in [3.8, 4) is 6.07 Å². The van der Waals surface area contributed by atoms with Gasteiger partial charge in [-0.05, 0) is 36.8 Å². The van der Waals surface area contributed by atoms with Gasteiger partial charge >= 0.3 is 0 Å². The summed E-state index contributed by atoms with van der Waals surface area (Å²) in [5, 5.41) is 12.1. The molecule has 0 spiro atoms.